The maximum absolute atomic E-state index is 4.62. The largest absolute Gasteiger partial charge is 0.356 e. The van der Waals surface area contributed by atoms with Crippen LogP contribution in [0.2, 0.25) is 0 Å². The number of aromatic nitrogens is 1. The smallest absolute Gasteiger partial charge is 0.128 e. The van der Waals surface area contributed by atoms with Crippen molar-refractivity contribution >= 4 is 5.82 Å². The Kier molecular flexibility index (Phi) is 3.70. The lowest BCUT2D eigenvalue weighted by atomic mass is 9.92. The second-order valence-corrected chi connectivity index (χ2v) is 5.96. The second kappa shape index (κ2) is 5.07. The van der Waals surface area contributed by atoms with Gasteiger partial charge < -0.3 is 4.90 Å². The molecule has 0 radical (unpaired) electrons. The van der Waals surface area contributed by atoms with Gasteiger partial charge in [0, 0.05) is 19.3 Å². The molecule has 0 amide bonds. The molecular formula is C15H24N2. The number of rotatable bonds is 2. The highest BCUT2D eigenvalue weighted by atomic mass is 15.2. The van der Waals surface area contributed by atoms with Crippen molar-refractivity contribution in [1.29, 1.82) is 0 Å². The van der Waals surface area contributed by atoms with Crippen LogP contribution >= 0.6 is 0 Å². The summed E-state index contributed by atoms with van der Waals surface area (Å²) in [6, 6.07) is 4.40. The summed E-state index contributed by atoms with van der Waals surface area (Å²) in [4.78, 5) is 7.05. The average Bonchev–Trinajstić information content (AvgIpc) is 2.28. The highest BCUT2D eigenvalue weighted by Crippen LogP contribution is 2.25. The van der Waals surface area contributed by atoms with Gasteiger partial charge in [0.2, 0.25) is 0 Å². The van der Waals surface area contributed by atoms with E-state index in [0.717, 1.165) is 30.7 Å². The molecule has 0 N–H and O–H groups in total. The Morgan fingerprint density at radius 1 is 1.18 bits per heavy atom. The summed E-state index contributed by atoms with van der Waals surface area (Å²) in [5, 5.41) is 0. The Morgan fingerprint density at radius 3 is 2.29 bits per heavy atom. The molecular weight excluding hydrogens is 208 g/mol. The van der Waals surface area contributed by atoms with Crippen molar-refractivity contribution in [1.82, 2.24) is 4.98 Å². The lowest BCUT2D eigenvalue weighted by Crippen LogP contribution is -2.39. The molecule has 0 aromatic carbocycles. The number of pyridine rings is 1. The molecule has 1 aliphatic heterocycles. The van der Waals surface area contributed by atoms with E-state index in [9.17, 15) is 0 Å². The van der Waals surface area contributed by atoms with Crippen LogP contribution in [0.25, 0.3) is 0 Å². The Labute approximate surface area is 105 Å². The Bertz CT molecular complexity index is 346. The SMILES string of the molecule is CC1CC(C)CN(c2ccc(C(C)C)cn2)C1. The third-order valence-electron chi connectivity index (χ3n) is 3.63. The summed E-state index contributed by atoms with van der Waals surface area (Å²) in [5.74, 6) is 3.28. The van der Waals surface area contributed by atoms with Crippen molar-refractivity contribution in [2.45, 2.75) is 40.0 Å². The van der Waals surface area contributed by atoms with Gasteiger partial charge in [0.1, 0.15) is 5.82 Å². The van der Waals surface area contributed by atoms with Gasteiger partial charge in [0.25, 0.3) is 0 Å². The minimum absolute atomic E-state index is 0.566. The van der Waals surface area contributed by atoms with Crippen molar-refractivity contribution in [3.05, 3.63) is 23.9 Å². The molecule has 1 saturated heterocycles. The van der Waals surface area contributed by atoms with Crippen LogP contribution in [-0.4, -0.2) is 18.1 Å². The second-order valence-electron chi connectivity index (χ2n) is 5.96. The van der Waals surface area contributed by atoms with Gasteiger partial charge in [-0.2, -0.15) is 0 Å². The van der Waals surface area contributed by atoms with Crippen LogP contribution in [0.5, 0.6) is 0 Å². The van der Waals surface area contributed by atoms with Crippen LogP contribution in [-0.2, 0) is 0 Å². The summed E-state index contributed by atoms with van der Waals surface area (Å²) in [7, 11) is 0. The van der Waals surface area contributed by atoms with E-state index in [1.807, 2.05) is 6.20 Å². The van der Waals surface area contributed by atoms with Crippen LogP contribution in [0, 0.1) is 11.8 Å². The van der Waals surface area contributed by atoms with E-state index in [2.05, 4.69) is 49.7 Å². The Balaban J connectivity index is 2.11. The molecule has 17 heavy (non-hydrogen) atoms. The molecule has 0 spiro atoms. The summed E-state index contributed by atoms with van der Waals surface area (Å²) >= 11 is 0. The fraction of sp³-hybridized carbons (Fsp3) is 0.667. The van der Waals surface area contributed by atoms with E-state index >= 15 is 0 Å². The van der Waals surface area contributed by atoms with Gasteiger partial charge in [-0.3, -0.25) is 0 Å². The minimum atomic E-state index is 0.566. The maximum Gasteiger partial charge on any atom is 0.128 e. The van der Waals surface area contributed by atoms with Gasteiger partial charge in [0.05, 0.1) is 0 Å². The highest BCUT2D eigenvalue weighted by molar-refractivity contribution is 5.40. The van der Waals surface area contributed by atoms with Gasteiger partial charge in [-0.15, -0.1) is 0 Å². The molecule has 2 nitrogen and oxygen atoms in total. The number of hydrogen-bond donors (Lipinski definition) is 0. The van der Waals surface area contributed by atoms with Gasteiger partial charge in [0.15, 0.2) is 0 Å². The quantitative estimate of drug-likeness (QED) is 0.773. The molecule has 0 bridgehead atoms. The predicted octanol–water partition coefficient (Wildman–Crippen LogP) is 3.69. The van der Waals surface area contributed by atoms with Crippen LogP contribution in [0.4, 0.5) is 5.82 Å². The maximum atomic E-state index is 4.62. The van der Waals surface area contributed by atoms with Crippen molar-refractivity contribution < 1.29 is 0 Å². The van der Waals surface area contributed by atoms with Gasteiger partial charge in [-0.05, 0) is 35.8 Å². The van der Waals surface area contributed by atoms with E-state index in [0.29, 0.717) is 5.92 Å². The molecule has 1 fully saturated rings. The van der Waals surface area contributed by atoms with Gasteiger partial charge in [-0.25, -0.2) is 4.98 Å². The van der Waals surface area contributed by atoms with E-state index in [1.165, 1.54) is 12.0 Å². The monoisotopic (exact) mass is 232 g/mol. The van der Waals surface area contributed by atoms with Crippen molar-refractivity contribution in [2.75, 3.05) is 18.0 Å². The zero-order valence-electron chi connectivity index (χ0n) is 11.5. The van der Waals surface area contributed by atoms with E-state index in [-0.39, 0.29) is 0 Å². The summed E-state index contributed by atoms with van der Waals surface area (Å²) in [5.41, 5.74) is 1.33. The number of anilines is 1. The molecule has 1 aromatic heterocycles. The molecule has 2 heteroatoms. The molecule has 0 saturated carbocycles. The first kappa shape index (κ1) is 12.4. The number of hydrogen-bond acceptors (Lipinski definition) is 2. The molecule has 1 aliphatic rings. The van der Waals surface area contributed by atoms with Crippen molar-refractivity contribution in [3.8, 4) is 0 Å². The molecule has 94 valence electrons. The lowest BCUT2D eigenvalue weighted by Gasteiger charge is -2.35. The zero-order chi connectivity index (χ0) is 12.4. The normalized spacial score (nSPS) is 25.4. The molecule has 2 rings (SSSR count). The molecule has 2 heterocycles. The van der Waals surface area contributed by atoms with Crippen LogP contribution in [0.1, 0.15) is 45.6 Å². The number of nitrogens with zero attached hydrogens (tertiary/aromatic N) is 2. The molecule has 1 aromatic rings. The van der Waals surface area contributed by atoms with E-state index < -0.39 is 0 Å². The van der Waals surface area contributed by atoms with Crippen LogP contribution in [0.15, 0.2) is 18.3 Å². The Morgan fingerprint density at radius 2 is 1.82 bits per heavy atom. The first-order chi connectivity index (χ1) is 8.06. The zero-order valence-corrected chi connectivity index (χ0v) is 11.5. The standard InChI is InChI=1S/C15H24N2/c1-11(2)14-5-6-15(16-8-14)17-9-12(3)7-13(4)10-17/h5-6,8,11-13H,7,9-10H2,1-4H3. The minimum Gasteiger partial charge on any atom is -0.356 e. The predicted molar refractivity (Wildman–Crippen MR) is 73.5 cm³/mol. The van der Waals surface area contributed by atoms with Crippen LogP contribution < -0.4 is 4.90 Å². The average molecular weight is 232 g/mol. The van der Waals surface area contributed by atoms with E-state index in [1.54, 1.807) is 0 Å². The summed E-state index contributed by atoms with van der Waals surface area (Å²) in [6.07, 6.45) is 3.38. The first-order valence-electron chi connectivity index (χ1n) is 6.77. The van der Waals surface area contributed by atoms with Gasteiger partial charge in [-0.1, -0.05) is 33.8 Å². The number of piperidine rings is 1. The first-order valence-corrected chi connectivity index (χ1v) is 6.77. The third kappa shape index (κ3) is 2.99. The topological polar surface area (TPSA) is 16.1 Å². The van der Waals surface area contributed by atoms with Crippen LogP contribution in [0.3, 0.4) is 0 Å². The van der Waals surface area contributed by atoms with E-state index in [4.69, 9.17) is 0 Å². The van der Waals surface area contributed by atoms with Gasteiger partial charge >= 0.3 is 0 Å². The molecule has 0 aliphatic carbocycles. The molecule has 2 atom stereocenters. The highest BCUT2D eigenvalue weighted by Gasteiger charge is 2.22. The lowest BCUT2D eigenvalue weighted by molar-refractivity contribution is 0.355. The summed E-state index contributed by atoms with van der Waals surface area (Å²) in [6.45, 7) is 11.4. The summed E-state index contributed by atoms with van der Waals surface area (Å²) < 4.78 is 0. The third-order valence-corrected chi connectivity index (χ3v) is 3.63. The molecule has 2 unspecified atom stereocenters. The Hall–Kier alpha value is -1.05. The fourth-order valence-corrected chi connectivity index (χ4v) is 2.78. The van der Waals surface area contributed by atoms with Crippen molar-refractivity contribution in [3.63, 3.8) is 0 Å². The fourth-order valence-electron chi connectivity index (χ4n) is 2.78. The van der Waals surface area contributed by atoms with Crippen molar-refractivity contribution in [2.24, 2.45) is 11.8 Å².